The number of rotatable bonds is 3. The van der Waals surface area contributed by atoms with Crippen molar-refractivity contribution in [3.8, 4) is 0 Å². The summed E-state index contributed by atoms with van der Waals surface area (Å²) in [4.78, 5) is 2.54. The van der Waals surface area contributed by atoms with E-state index in [2.05, 4.69) is 62.2 Å². The van der Waals surface area contributed by atoms with Crippen LogP contribution in [-0.2, 0) is 6.42 Å². The number of benzene rings is 1. The molecular weight excluding hydrogens is 260 g/mol. The smallest absolute Gasteiger partial charge is 0.134 e. The number of hydrogen-bond acceptors (Lipinski definition) is 3. The molecule has 1 saturated heterocycles. The van der Waals surface area contributed by atoms with Crippen LogP contribution in [0.1, 0.15) is 45.1 Å². The quantitative estimate of drug-likeness (QED) is 0.931. The third-order valence-electron chi connectivity index (χ3n) is 4.60. The minimum Gasteiger partial charge on any atom is -0.459 e. The summed E-state index contributed by atoms with van der Waals surface area (Å²) in [7, 11) is 0. The van der Waals surface area contributed by atoms with Gasteiger partial charge in [-0.05, 0) is 33.3 Å². The van der Waals surface area contributed by atoms with Gasteiger partial charge in [0.15, 0.2) is 0 Å². The Bertz CT molecular complexity index is 609. The summed E-state index contributed by atoms with van der Waals surface area (Å²) in [6.07, 6.45) is 1.02. The first-order chi connectivity index (χ1) is 10.1. The maximum Gasteiger partial charge on any atom is 0.134 e. The number of nitrogens with one attached hydrogen (secondary N) is 1. The van der Waals surface area contributed by atoms with Gasteiger partial charge in [0.05, 0.1) is 6.04 Å². The highest BCUT2D eigenvalue weighted by Crippen LogP contribution is 2.33. The van der Waals surface area contributed by atoms with Gasteiger partial charge < -0.3 is 9.73 Å². The van der Waals surface area contributed by atoms with E-state index in [1.165, 1.54) is 10.9 Å². The number of piperazine rings is 1. The molecule has 3 rings (SSSR count). The molecule has 3 unspecified atom stereocenters. The van der Waals surface area contributed by atoms with Crippen molar-refractivity contribution in [2.75, 3.05) is 13.1 Å². The van der Waals surface area contributed by atoms with Gasteiger partial charge in [-0.15, -0.1) is 0 Å². The summed E-state index contributed by atoms with van der Waals surface area (Å²) in [5, 5.41) is 4.87. The van der Waals surface area contributed by atoms with E-state index in [1.807, 2.05) is 0 Å². The standard InChI is InChI=1S/C18H26N2O/c1-5-15-16-8-6-7-9-17(16)21-18(15)14(4)20-10-12(2)19-13(3)11-20/h6-9,12-14,19H,5,10-11H2,1-4H3. The molecule has 0 spiro atoms. The number of hydrogen-bond donors (Lipinski definition) is 1. The third kappa shape index (κ3) is 2.72. The normalized spacial score (nSPS) is 25.3. The molecule has 1 N–H and O–H groups in total. The van der Waals surface area contributed by atoms with Gasteiger partial charge in [0.1, 0.15) is 11.3 Å². The molecule has 21 heavy (non-hydrogen) atoms. The van der Waals surface area contributed by atoms with E-state index in [1.54, 1.807) is 0 Å². The molecule has 0 aliphatic carbocycles. The number of aryl methyl sites for hydroxylation is 1. The Morgan fingerprint density at radius 2 is 1.90 bits per heavy atom. The van der Waals surface area contributed by atoms with E-state index in [9.17, 15) is 0 Å². The van der Waals surface area contributed by atoms with Crippen LogP contribution in [0, 0.1) is 0 Å². The van der Waals surface area contributed by atoms with E-state index >= 15 is 0 Å². The van der Waals surface area contributed by atoms with Crippen molar-refractivity contribution in [3.63, 3.8) is 0 Å². The highest BCUT2D eigenvalue weighted by molar-refractivity contribution is 5.82. The van der Waals surface area contributed by atoms with Crippen LogP contribution in [-0.4, -0.2) is 30.1 Å². The molecule has 3 heteroatoms. The first-order valence-corrected chi connectivity index (χ1v) is 8.10. The Kier molecular flexibility index (Phi) is 4.05. The van der Waals surface area contributed by atoms with Crippen LogP contribution < -0.4 is 5.32 Å². The van der Waals surface area contributed by atoms with Gasteiger partial charge in [0, 0.05) is 36.1 Å². The lowest BCUT2D eigenvalue weighted by Gasteiger charge is -2.39. The first-order valence-electron chi connectivity index (χ1n) is 8.10. The van der Waals surface area contributed by atoms with E-state index in [-0.39, 0.29) is 0 Å². The second kappa shape index (κ2) is 5.82. The van der Waals surface area contributed by atoms with Gasteiger partial charge in [0.2, 0.25) is 0 Å². The fourth-order valence-electron chi connectivity index (χ4n) is 3.67. The summed E-state index contributed by atoms with van der Waals surface area (Å²) in [5.41, 5.74) is 2.39. The van der Waals surface area contributed by atoms with Gasteiger partial charge in [0.25, 0.3) is 0 Å². The predicted octanol–water partition coefficient (Wildman–Crippen LogP) is 3.74. The summed E-state index contributed by atoms with van der Waals surface area (Å²) < 4.78 is 6.21. The lowest BCUT2D eigenvalue weighted by molar-refractivity contribution is 0.119. The molecule has 1 fully saturated rings. The monoisotopic (exact) mass is 286 g/mol. The van der Waals surface area contributed by atoms with Crippen molar-refractivity contribution in [3.05, 3.63) is 35.6 Å². The fourth-order valence-corrected chi connectivity index (χ4v) is 3.67. The van der Waals surface area contributed by atoms with E-state index in [4.69, 9.17) is 4.42 Å². The Balaban J connectivity index is 1.95. The zero-order valence-electron chi connectivity index (χ0n) is 13.5. The van der Waals surface area contributed by atoms with Crippen LogP contribution in [0.5, 0.6) is 0 Å². The molecule has 1 aromatic carbocycles. The average molecular weight is 286 g/mol. The van der Waals surface area contributed by atoms with Crippen LogP contribution in [0.25, 0.3) is 11.0 Å². The Labute approximate surface area is 127 Å². The number of fused-ring (bicyclic) bond motifs is 1. The zero-order valence-corrected chi connectivity index (χ0v) is 13.5. The Hall–Kier alpha value is -1.32. The maximum atomic E-state index is 6.21. The summed E-state index contributed by atoms with van der Waals surface area (Å²) in [6, 6.07) is 9.80. The van der Waals surface area contributed by atoms with Gasteiger partial charge in [-0.25, -0.2) is 0 Å². The molecule has 0 amide bonds. The molecule has 1 aromatic heterocycles. The van der Waals surface area contributed by atoms with Gasteiger partial charge in [-0.3, -0.25) is 4.90 Å². The molecule has 0 saturated carbocycles. The van der Waals surface area contributed by atoms with Crippen LogP contribution >= 0.6 is 0 Å². The summed E-state index contributed by atoms with van der Waals surface area (Å²) >= 11 is 0. The number of furan rings is 1. The van der Waals surface area contributed by atoms with E-state index < -0.39 is 0 Å². The summed E-state index contributed by atoms with van der Waals surface area (Å²) in [5.74, 6) is 1.15. The Morgan fingerprint density at radius 3 is 2.57 bits per heavy atom. The van der Waals surface area contributed by atoms with Gasteiger partial charge in [-0.1, -0.05) is 25.1 Å². The zero-order chi connectivity index (χ0) is 15.0. The van der Waals surface area contributed by atoms with Crippen LogP contribution in [0.4, 0.5) is 0 Å². The van der Waals surface area contributed by atoms with Gasteiger partial charge >= 0.3 is 0 Å². The highest BCUT2D eigenvalue weighted by Gasteiger charge is 2.29. The van der Waals surface area contributed by atoms with E-state index in [0.717, 1.165) is 30.9 Å². The SMILES string of the molecule is CCc1c(C(C)N2CC(C)NC(C)C2)oc2ccccc12. The largest absolute Gasteiger partial charge is 0.459 e. The lowest BCUT2D eigenvalue weighted by atomic mass is 10.0. The molecule has 3 nitrogen and oxygen atoms in total. The van der Waals surface area contributed by atoms with Crippen LogP contribution in [0.2, 0.25) is 0 Å². The topological polar surface area (TPSA) is 28.4 Å². The second-order valence-corrected chi connectivity index (χ2v) is 6.39. The lowest BCUT2D eigenvalue weighted by Crippen LogP contribution is -2.54. The first kappa shape index (κ1) is 14.6. The second-order valence-electron chi connectivity index (χ2n) is 6.39. The third-order valence-corrected chi connectivity index (χ3v) is 4.60. The van der Waals surface area contributed by atoms with Crippen molar-refractivity contribution >= 4 is 11.0 Å². The fraction of sp³-hybridized carbons (Fsp3) is 0.556. The van der Waals surface area contributed by atoms with Crippen LogP contribution in [0.15, 0.2) is 28.7 Å². The van der Waals surface area contributed by atoms with Crippen molar-refractivity contribution in [2.24, 2.45) is 0 Å². The molecule has 0 bridgehead atoms. The molecule has 2 aromatic rings. The minimum absolute atomic E-state index is 0.333. The van der Waals surface area contributed by atoms with Crippen molar-refractivity contribution in [1.29, 1.82) is 0 Å². The molecule has 0 radical (unpaired) electrons. The highest BCUT2D eigenvalue weighted by atomic mass is 16.3. The predicted molar refractivity (Wildman–Crippen MR) is 87.6 cm³/mol. The van der Waals surface area contributed by atoms with E-state index in [0.29, 0.717) is 18.1 Å². The minimum atomic E-state index is 0.333. The summed E-state index contributed by atoms with van der Waals surface area (Å²) in [6.45, 7) is 11.2. The molecule has 1 aliphatic heterocycles. The Morgan fingerprint density at radius 1 is 1.24 bits per heavy atom. The van der Waals surface area contributed by atoms with Crippen molar-refractivity contribution in [1.82, 2.24) is 10.2 Å². The average Bonchev–Trinajstić information content (AvgIpc) is 2.83. The number of para-hydroxylation sites is 1. The molecule has 2 heterocycles. The maximum absolute atomic E-state index is 6.21. The molecule has 114 valence electrons. The van der Waals surface area contributed by atoms with Crippen molar-refractivity contribution < 1.29 is 4.42 Å². The molecular formula is C18H26N2O. The van der Waals surface area contributed by atoms with Crippen molar-refractivity contribution in [2.45, 2.75) is 52.2 Å². The molecule has 1 aliphatic rings. The molecule has 3 atom stereocenters. The number of nitrogens with zero attached hydrogens (tertiary/aromatic N) is 1. The van der Waals surface area contributed by atoms with Crippen LogP contribution in [0.3, 0.4) is 0 Å². The van der Waals surface area contributed by atoms with Gasteiger partial charge in [-0.2, -0.15) is 0 Å².